The van der Waals surface area contributed by atoms with Crippen LogP contribution in [0.5, 0.6) is 5.75 Å². The van der Waals surface area contributed by atoms with E-state index >= 15 is 0 Å². The van der Waals surface area contributed by atoms with Crippen molar-refractivity contribution in [2.45, 2.75) is 5.51 Å². The minimum absolute atomic E-state index is 0.114. The largest absolute Gasteiger partial charge is 0.534 e. The second kappa shape index (κ2) is 9.73. The Morgan fingerprint density at radius 2 is 1.20 bits per heavy atom. The first-order valence-electron chi connectivity index (χ1n) is 12.1. The number of alkyl halides is 3. The molecule has 0 aromatic heterocycles. The van der Waals surface area contributed by atoms with Gasteiger partial charge in [-0.3, -0.25) is 0 Å². The van der Waals surface area contributed by atoms with Gasteiger partial charge in [0.15, 0.2) is 5.75 Å². The Labute approximate surface area is 229 Å². The fraction of sp³-hybridized carbons (Fsp3) is 0.0323. The molecule has 6 rings (SSSR count). The van der Waals surface area contributed by atoms with Crippen LogP contribution in [0.4, 0.5) is 13.2 Å². The minimum Gasteiger partial charge on any atom is -0.375 e. The van der Waals surface area contributed by atoms with Crippen LogP contribution in [0.25, 0.3) is 54.6 Å². The first kappa shape index (κ1) is 26.0. The van der Waals surface area contributed by atoms with Crippen molar-refractivity contribution in [3.63, 3.8) is 0 Å². The van der Waals surface area contributed by atoms with E-state index in [4.69, 9.17) is 4.18 Å². The van der Waals surface area contributed by atoms with Crippen molar-refractivity contribution < 1.29 is 30.3 Å². The summed E-state index contributed by atoms with van der Waals surface area (Å²) in [6.07, 6.45) is 0. The molecule has 0 heterocycles. The zero-order valence-electron chi connectivity index (χ0n) is 20.6. The number of fused-ring (bicyclic) bond motifs is 3. The van der Waals surface area contributed by atoms with E-state index in [9.17, 15) is 26.2 Å². The average molecular weight is 576 g/mol. The van der Waals surface area contributed by atoms with Crippen LogP contribution < -0.4 is 9.49 Å². The van der Waals surface area contributed by atoms with Crippen molar-refractivity contribution in [3.8, 4) is 28.0 Å². The van der Waals surface area contributed by atoms with Gasteiger partial charge in [-0.05, 0) is 56.1 Å². The number of rotatable bonds is 5. The van der Waals surface area contributed by atoms with E-state index in [0.717, 1.165) is 21.7 Å². The molecule has 0 aliphatic heterocycles. The maximum Gasteiger partial charge on any atom is 0.534 e. The molecular weight excluding hydrogens is 556 g/mol. The van der Waals surface area contributed by atoms with Gasteiger partial charge in [0, 0.05) is 16.7 Å². The SMILES string of the molecule is O=[PH+]c1c(-c2ccc3ccccc3c2)cc2ccccc2c1-c1c(OS(=O)(=O)C(F)(F)F)ccc2ccccc12. The molecule has 0 bridgehead atoms. The second-order valence-electron chi connectivity index (χ2n) is 9.20. The van der Waals surface area contributed by atoms with Crippen LogP contribution in [0.1, 0.15) is 0 Å². The van der Waals surface area contributed by atoms with Gasteiger partial charge in [0.2, 0.25) is 5.30 Å². The Kier molecular flexibility index (Phi) is 6.32. The Hall–Kier alpha value is -4.26. The molecule has 6 aromatic rings. The van der Waals surface area contributed by atoms with Gasteiger partial charge in [-0.15, -0.1) is 0 Å². The summed E-state index contributed by atoms with van der Waals surface area (Å²) in [5, 5.41) is 4.75. The van der Waals surface area contributed by atoms with Gasteiger partial charge in [-0.25, -0.2) is 0 Å². The highest BCUT2D eigenvalue weighted by Crippen LogP contribution is 2.44. The lowest BCUT2D eigenvalue weighted by atomic mass is 9.89. The van der Waals surface area contributed by atoms with E-state index in [1.54, 1.807) is 36.4 Å². The van der Waals surface area contributed by atoms with Gasteiger partial charge in [0.05, 0.1) is 0 Å². The van der Waals surface area contributed by atoms with Gasteiger partial charge in [-0.2, -0.15) is 21.6 Å². The topological polar surface area (TPSA) is 60.4 Å². The van der Waals surface area contributed by atoms with Crippen molar-refractivity contribution in [1.82, 2.24) is 0 Å². The van der Waals surface area contributed by atoms with Crippen LogP contribution in [0.15, 0.2) is 109 Å². The fourth-order valence-electron chi connectivity index (χ4n) is 5.04. The lowest BCUT2D eigenvalue weighted by Gasteiger charge is -2.18. The van der Waals surface area contributed by atoms with E-state index < -0.39 is 29.8 Å². The molecule has 0 aliphatic carbocycles. The lowest BCUT2D eigenvalue weighted by Crippen LogP contribution is -2.28. The molecule has 0 amide bonds. The van der Waals surface area contributed by atoms with Gasteiger partial charge in [0.1, 0.15) is 0 Å². The highest BCUT2D eigenvalue weighted by molar-refractivity contribution is 7.88. The van der Waals surface area contributed by atoms with Crippen molar-refractivity contribution in [1.29, 1.82) is 0 Å². The third-order valence-electron chi connectivity index (χ3n) is 6.84. The van der Waals surface area contributed by atoms with Crippen LogP contribution in [-0.2, 0) is 14.7 Å². The standard InChI is InChI=1S/C31H18F3O4PS/c32-31(33,34)40(36,37)38-27-16-15-20-8-3-5-11-24(20)28(27)29-25-12-6-4-10-22(25)18-26(30(29)39-35)23-14-13-19-7-1-2-9-21(19)17-23/h1-18H/p+1. The highest BCUT2D eigenvalue weighted by atomic mass is 32.2. The average Bonchev–Trinajstić information content (AvgIpc) is 2.95. The van der Waals surface area contributed by atoms with E-state index in [1.807, 2.05) is 60.7 Å². The normalized spacial score (nSPS) is 12.4. The molecule has 40 heavy (non-hydrogen) atoms. The van der Waals surface area contributed by atoms with E-state index in [-0.39, 0.29) is 5.56 Å². The molecule has 0 fully saturated rings. The third kappa shape index (κ3) is 4.39. The summed E-state index contributed by atoms with van der Waals surface area (Å²) >= 11 is 0. The molecule has 0 saturated heterocycles. The highest BCUT2D eigenvalue weighted by Gasteiger charge is 2.49. The molecule has 6 aromatic carbocycles. The first-order chi connectivity index (χ1) is 19.2. The minimum atomic E-state index is -5.99. The van der Waals surface area contributed by atoms with Crippen molar-refractivity contribution in [2.75, 3.05) is 0 Å². The van der Waals surface area contributed by atoms with E-state index in [0.29, 0.717) is 32.6 Å². The summed E-state index contributed by atoms with van der Waals surface area (Å²) in [7, 11) is -7.00. The van der Waals surface area contributed by atoms with E-state index in [2.05, 4.69) is 0 Å². The fourth-order valence-corrected chi connectivity index (χ4v) is 6.20. The molecule has 4 nitrogen and oxygen atoms in total. The Morgan fingerprint density at radius 1 is 0.625 bits per heavy atom. The Balaban J connectivity index is 1.74. The third-order valence-corrected chi connectivity index (χ3v) is 8.52. The molecule has 1 atom stereocenters. The van der Waals surface area contributed by atoms with Crippen LogP contribution in [0, 0.1) is 0 Å². The van der Waals surface area contributed by atoms with Gasteiger partial charge < -0.3 is 4.18 Å². The van der Waals surface area contributed by atoms with Gasteiger partial charge in [-0.1, -0.05) is 95.6 Å². The van der Waals surface area contributed by atoms with Crippen molar-refractivity contribution in [2.24, 2.45) is 0 Å². The monoisotopic (exact) mass is 575 g/mol. The molecule has 1 unspecified atom stereocenters. The molecule has 0 spiro atoms. The van der Waals surface area contributed by atoms with E-state index in [1.165, 1.54) is 12.1 Å². The second-order valence-corrected chi connectivity index (χ2v) is 11.4. The van der Waals surface area contributed by atoms with Crippen LogP contribution >= 0.6 is 8.46 Å². The Bertz CT molecular complexity index is 2070. The van der Waals surface area contributed by atoms with Crippen LogP contribution in [0.2, 0.25) is 0 Å². The molecular formula is C31H19F3O4PS+. The van der Waals surface area contributed by atoms with Crippen molar-refractivity contribution >= 4 is 56.2 Å². The number of halogens is 3. The summed E-state index contributed by atoms with van der Waals surface area (Å²) < 4.78 is 82.3. The summed E-state index contributed by atoms with van der Waals surface area (Å²) in [6, 6.07) is 32.3. The van der Waals surface area contributed by atoms with Crippen molar-refractivity contribution in [3.05, 3.63) is 109 Å². The predicted octanol–water partition coefficient (Wildman–Crippen LogP) is 8.36. The van der Waals surface area contributed by atoms with Crippen LogP contribution in [0.3, 0.4) is 0 Å². The van der Waals surface area contributed by atoms with Crippen LogP contribution in [-0.4, -0.2) is 13.9 Å². The smallest absolute Gasteiger partial charge is 0.375 e. The lowest BCUT2D eigenvalue weighted by molar-refractivity contribution is -0.0499. The molecule has 0 radical (unpaired) electrons. The maximum atomic E-state index is 13.4. The summed E-state index contributed by atoms with van der Waals surface area (Å²) in [5.74, 6) is -0.503. The number of hydrogen-bond acceptors (Lipinski definition) is 4. The zero-order chi connectivity index (χ0) is 28.1. The first-order valence-corrected chi connectivity index (χ1v) is 14.5. The zero-order valence-corrected chi connectivity index (χ0v) is 22.4. The molecule has 0 aliphatic rings. The predicted molar refractivity (Wildman–Crippen MR) is 154 cm³/mol. The molecule has 198 valence electrons. The molecule has 0 N–H and O–H groups in total. The number of benzene rings is 6. The summed E-state index contributed by atoms with van der Waals surface area (Å²) in [6.45, 7) is 0. The van der Waals surface area contributed by atoms with Gasteiger partial charge in [0.25, 0.3) is 0 Å². The van der Waals surface area contributed by atoms with Gasteiger partial charge >= 0.3 is 24.1 Å². The summed E-state index contributed by atoms with van der Waals surface area (Å²) in [4.78, 5) is 0. The quantitative estimate of drug-likeness (QED) is 0.118. The summed E-state index contributed by atoms with van der Waals surface area (Å²) in [5.41, 5.74) is -3.80. The molecule has 0 saturated carbocycles. The molecule has 9 heteroatoms. The Morgan fingerprint density at radius 3 is 1.88 bits per heavy atom. The maximum absolute atomic E-state index is 13.4. The number of hydrogen-bond donors (Lipinski definition) is 0.